The monoisotopic (exact) mass is 379 g/mol. The molecule has 1 aromatic carbocycles. The van der Waals surface area contributed by atoms with Crippen molar-refractivity contribution in [2.45, 2.75) is 0 Å². The molecule has 0 atom stereocenters. The van der Waals surface area contributed by atoms with Gasteiger partial charge in [0.15, 0.2) is 5.82 Å². The summed E-state index contributed by atoms with van der Waals surface area (Å²) in [5.41, 5.74) is 0.768. The second-order valence-corrected chi connectivity index (χ2v) is 5.27. The number of aromatic nitrogens is 2. The van der Waals surface area contributed by atoms with Gasteiger partial charge in [-0.1, -0.05) is 23.2 Å². The first kappa shape index (κ1) is 12.9. The summed E-state index contributed by atoms with van der Waals surface area (Å²) < 4.78 is 0.957. The van der Waals surface area contributed by atoms with Crippen LogP contribution >= 0.6 is 45.8 Å². The third-order valence-electron chi connectivity index (χ3n) is 2.15. The van der Waals surface area contributed by atoms with Crippen LogP contribution in [-0.2, 0) is 0 Å². The first-order chi connectivity index (χ1) is 8.11. The summed E-state index contributed by atoms with van der Waals surface area (Å²) in [6, 6.07) is 5.26. The van der Waals surface area contributed by atoms with Crippen LogP contribution in [0.3, 0.4) is 0 Å². The van der Waals surface area contributed by atoms with Crippen LogP contribution in [0.4, 0.5) is 5.82 Å². The van der Waals surface area contributed by atoms with Crippen molar-refractivity contribution >= 4 is 51.6 Å². The van der Waals surface area contributed by atoms with E-state index in [1.54, 1.807) is 18.3 Å². The minimum atomic E-state index is 0.542. The Kier molecular flexibility index (Phi) is 4.06. The summed E-state index contributed by atoms with van der Waals surface area (Å²) in [4.78, 5) is 8.66. The molecule has 0 saturated carbocycles. The lowest BCUT2D eigenvalue weighted by molar-refractivity contribution is 1.15. The molecule has 1 aromatic heterocycles. The molecule has 0 spiro atoms. The minimum Gasteiger partial charge on any atom is -0.372 e. The molecule has 2 aromatic rings. The number of anilines is 1. The highest BCUT2D eigenvalue weighted by Crippen LogP contribution is 2.29. The van der Waals surface area contributed by atoms with E-state index in [0.717, 1.165) is 15.0 Å². The highest BCUT2D eigenvalue weighted by molar-refractivity contribution is 14.1. The molecule has 2 rings (SSSR count). The van der Waals surface area contributed by atoms with Gasteiger partial charge >= 0.3 is 0 Å². The van der Waals surface area contributed by atoms with Crippen LogP contribution in [0.5, 0.6) is 0 Å². The fourth-order valence-electron chi connectivity index (χ4n) is 1.34. The molecule has 17 heavy (non-hydrogen) atoms. The first-order valence-corrected chi connectivity index (χ1v) is 6.61. The number of benzene rings is 1. The Labute approximate surface area is 123 Å². The van der Waals surface area contributed by atoms with Crippen molar-refractivity contribution in [1.82, 2.24) is 9.97 Å². The van der Waals surface area contributed by atoms with Gasteiger partial charge in [-0.3, -0.25) is 0 Å². The SMILES string of the molecule is CNc1nc(-c2ccc(Cl)cc2Cl)ncc1I. The molecule has 0 aliphatic rings. The first-order valence-electron chi connectivity index (χ1n) is 4.77. The van der Waals surface area contributed by atoms with Gasteiger partial charge in [0, 0.05) is 23.8 Å². The molecular formula is C11H8Cl2IN3. The summed E-state index contributed by atoms with van der Waals surface area (Å²) in [6.45, 7) is 0. The predicted molar refractivity (Wildman–Crippen MR) is 79.8 cm³/mol. The Bertz CT molecular complexity index is 560. The average molecular weight is 380 g/mol. The molecule has 0 radical (unpaired) electrons. The fraction of sp³-hybridized carbons (Fsp3) is 0.0909. The van der Waals surface area contributed by atoms with Crippen molar-refractivity contribution in [1.29, 1.82) is 0 Å². The summed E-state index contributed by atoms with van der Waals surface area (Å²) >= 11 is 14.1. The molecule has 88 valence electrons. The Balaban J connectivity index is 2.53. The van der Waals surface area contributed by atoms with Crippen molar-refractivity contribution in [2.24, 2.45) is 0 Å². The molecule has 1 heterocycles. The molecule has 0 amide bonds. The van der Waals surface area contributed by atoms with E-state index in [1.807, 2.05) is 13.1 Å². The van der Waals surface area contributed by atoms with E-state index in [4.69, 9.17) is 23.2 Å². The largest absolute Gasteiger partial charge is 0.372 e. The Morgan fingerprint density at radius 2 is 2.06 bits per heavy atom. The average Bonchev–Trinajstić information content (AvgIpc) is 2.30. The maximum absolute atomic E-state index is 6.11. The minimum absolute atomic E-state index is 0.542. The Morgan fingerprint density at radius 3 is 2.71 bits per heavy atom. The second-order valence-electron chi connectivity index (χ2n) is 3.26. The zero-order valence-corrected chi connectivity index (χ0v) is 12.5. The van der Waals surface area contributed by atoms with Crippen LogP contribution in [0.1, 0.15) is 0 Å². The van der Waals surface area contributed by atoms with E-state index >= 15 is 0 Å². The maximum atomic E-state index is 6.11. The lowest BCUT2D eigenvalue weighted by atomic mass is 10.2. The number of hydrogen-bond acceptors (Lipinski definition) is 3. The third-order valence-corrected chi connectivity index (χ3v) is 3.49. The van der Waals surface area contributed by atoms with E-state index in [0.29, 0.717) is 15.9 Å². The van der Waals surface area contributed by atoms with Gasteiger partial charge in [0.05, 0.1) is 8.59 Å². The number of nitrogens with zero attached hydrogens (tertiary/aromatic N) is 2. The summed E-state index contributed by atoms with van der Waals surface area (Å²) in [5, 5.41) is 4.15. The number of halogens is 3. The van der Waals surface area contributed by atoms with Crippen molar-refractivity contribution in [3.05, 3.63) is 38.0 Å². The van der Waals surface area contributed by atoms with E-state index in [2.05, 4.69) is 37.9 Å². The fourth-order valence-corrected chi connectivity index (χ4v) is 2.37. The molecule has 0 aliphatic heterocycles. The van der Waals surface area contributed by atoms with Crippen LogP contribution in [0, 0.1) is 3.57 Å². The highest BCUT2D eigenvalue weighted by Gasteiger charge is 2.09. The number of rotatable bonds is 2. The Morgan fingerprint density at radius 1 is 1.29 bits per heavy atom. The van der Waals surface area contributed by atoms with E-state index in [1.165, 1.54) is 0 Å². The van der Waals surface area contributed by atoms with Crippen LogP contribution in [-0.4, -0.2) is 17.0 Å². The van der Waals surface area contributed by atoms with Crippen LogP contribution < -0.4 is 5.32 Å². The number of nitrogens with one attached hydrogen (secondary N) is 1. The van der Waals surface area contributed by atoms with E-state index in [9.17, 15) is 0 Å². The summed E-state index contributed by atoms with van der Waals surface area (Å²) in [5.74, 6) is 1.36. The molecule has 0 bridgehead atoms. The zero-order valence-electron chi connectivity index (χ0n) is 8.84. The molecule has 6 heteroatoms. The van der Waals surface area contributed by atoms with Crippen LogP contribution in [0.15, 0.2) is 24.4 Å². The van der Waals surface area contributed by atoms with E-state index < -0.39 is 0 Å². The zero-order chi connectivity index (χ0) is 12.4. The van der Waals surface area contributed by atoms with Gasteiger partial charge in [-0.25, -0.2) is 9.97 Å². The predicted octanol–water partition coefficient (Wildman–Crippen LogP) is 4.10. The maximum Gasteiger partial charge on any atom is 0.163 e. The molecule has 0 saturated heterocycles. The smallest absolute Gasteiger partial charge is 0.163 e. The van der Waals surface area contributed by atoms with Gasteiger partial charge in [-0.2, -0.15) is 0 Å². The van der Waals surface area contributed by atoms with Gasteiger partial charge in [-0.05, 0) is 40.8 Å². The third kappa shape index (κ3) is 2.81. The topological polar surface area (TPSA) is 37.8 Å². The van der Waals surface area contributed by atoms with Crippen LogP contribution in [0.25, 0.3) is 11.4 Å². The normalized spacial score (nSPS) is 10.4. The lowest BCUT2D eigenvalue weighted by Crippen LogP contribution is -1.99. The lowest BCUT2D eigenvalue weighted by Gasteiger charge is -2.07. The van der Waals surface area contributed by atoms with Crippen molar-refractivity contribution < 1.29 is 0 Å². The molecule has 0 fully saturated rings. The van der Waals surface area contributed by atoms with Gasteiger partial charge in [0.1, 0.15) is 5.82 Å². The Hall–Kier alpha value is -0.590. The van der Waals surface area contributed by atoms with Gasteiger partial charge < -0.3 is 5.32 Å². The molecule has 0 aliphatic carbocycles. The van der Waals surface area contributed by atoms with Crippen LogP contribution in [0.2, 0.25) is 10.0 Å². The molecular weight excluding hydrogens is 372 g/mol. The van der Waals surface area contributed by atoms with Crippen molar-refractivity contribution in [3.63, 3.8) is 0 Å². The standard InChI is InChI=1S/C11H8Cl2IN3/c1-15-11-9(14)5-16-10(17-11)7-3-2-6(12)4-8(7)13/h2-5H,1H3,(H,15,16,17). The molecule has 1 N–H and O–H groups in total. The molecule has 3 nitrogen and oxygen atoms in total. The molecule has 0 unspecified atom stereocenters. The quantitative estimate of drug-likeness (QED) is 0.798. The van der Waals surface area contributed by atoms with Gasteiger partial charge in [-0.15, -0.1) is 0 Å². The number of hydrogen-bond donors (Lipinski definition) is 1. The van der Waals surface area contributed by atoms with E-state index in [-0.39, 0.29) is 0 Å². The van der Waals surface area contributed by atoms with Crippen molar-refractivity contribution in [2.75, 3.05) is 12.4 Å². The van der Waals surface area contributed by atoms with Crippen molar-refractivity contribution in [3.8, 4) is 11.4 Å². The second kappa shape index (κ2) is 5.37. The van der Waals surface area contributed by atoms with Gasteiger partial charge in [0.2, 0.25) is 0 Å². The highest BCUT2D eigenvalue weighted by atomic mass is 127. The summed E-state index contributed by atoms with van der Waals surface area (Å²) in [7, 11) is 1.82. The van der Waals surface area contributed by atoms with Gasteiger partial charge in [0.25, 0.3) is 0 Å². The summed E-state index contributed by atoms with van der Waals surface area (Å²) in [6.07, 6.45) is 1.75.